The van der Waals surface area contributed by atoms with Gasteiger partial charge in [0.1, 0.15) is 16.4 Å². The molecule has 1 aromatic rings. The van der Waals surface area contributed by atoms with Gasteiger partial charge in [-0.15, -0.1) is 0 Å². The van der Waals surface area contributed by atoms with Crippen molar-refractivity contribution in [2.45, 2.75) is 45.8 Å². The number of nitrogens with one attached hydrogen (secondary N) is 1. The van der Waals surface area contributed by atoms with E-state index in [2.05, 4.69) is 10.3 Å². The number of aromatic nitrogens is 1. The van der Waals surface area contributed by atoms with Crippen LogP contribution < -0.4 is 11.1 Å². The number of carbonyl (C=O) groups is 1. The van der Waals surface area contributed by atoms with E-state index >= 15 is 0 Å². The molecule has 0 unspecified atom stereocenters. The van der Waals surface area contributed by atoms with E-state index in [1.54, 1.807) is 32.9 Å². The second kappa shape index (κ2) is 7.45. The Morgan fingerprint density at radius 1 is 1.59 bits per heavy atom. The Morgan fingerprint density at radius 3 is 2.82 bits per heavy atom. The maximum atomic E-state index is 13.8. The van der Waals surface area contributed by atoms with Crippen molar-refractivity contribution in [3.63, 3.8) is 0 Å². The molecule has 0 radical (unpaired) electrons. The lowest BCUT2D eigenvalue weighted by Crippen LogP contribution is -2.37. The quantitative estimate of drug-likeness (QED) is 0.881. The zero-order valence-corrected chi connectivity index (χ0v) is 13.9. The lowest BCUT2D eigenvalue weighted by molar-refractivity contribution is 0.0509. The number of anilines is 1. The third kappa shape index (κ3) is 5.89. The van der Waals surface area contributed by atoms with Crippen LogP contribution >= 0.6 is 11.6 Å². The normalized spacial score (nSPS) is 13.2. The molecule has 0 fully saturated rings. The van der Waals surface area contributed by atoms with Crippen LogP contribution in [0.4, 0.5) is 15.0 Å². The first-order valence-electron chi connectivity index (χ1n) is 6.85. The van der Waals surface area contributed by atoms with Crippen molar-refractivity contribution in [2.75, 3.05) is 5.73 Å². The summed E-state index contributed by atoms with van der Waals surface area (Å²) >= 11 is 5.68. The Morgan fingerprint density at radius 2 is 2.23 bits per heavy atom. The van der Waals surface area contributed by atoms with E-state index in [-0.39, 0.29) is 22.4 Å². The third-order valence-corrected chi connectivity index (χ3v) is 2.92. The van der Waals surface area contributed by atoms with E-state index in [1.807, 2.05) is 6.92 Å². The van der Waals surface area contributed by atoms with E-state index < -0.39 is 17.5 Å². The Kier molecular flexibility index (Phi) is 6.17. The van der Waals surface area contributed by atoms with Gasteiger partial charge in [0.15, 0.2) is 5.82 Å². The van der Waals surface area contributed by atoms with Crippen LogP contribution in [0.25, 0.3) is 6.08 Å². The molecular weight excluding hydrogens is 309 g/mol. The maximum absolute atomic E-state index is 13.8. The molecule has 1 aromatic heterocycles. The van der Waals surface area contributed by atoms with Gasteiger partial charge in [0.05, 0.1) is 0 Å². The third-order valence-electron chi connectivity index (χ3n) is 2.56. The molecule has 0 aromatic carbocycles. The standard InChI is InChI=1S/C15H21ClFN3O2/c1-9(20-14(21)22-15(2,3)4)6-5-7-10-8-19-13(18)11(16)12(10)17/h5,7-9H,6H2,1-4H3,(H2,18,19)(H,20,21)/b7-5+/t9-/m0/s1. The van der Waals surface area contributed by atoms with E-state index in [1.165, 1.54) is 6.20 Å². The molecule has 0 aliphatic heterocycles. The summed E-state index contributed by atoms with van der Waals surface area (Å²) in [7, 11) is 0. The molecule has 5 nitrogen and oxygen atoms in total. The minimum atomic E-state index is -0.613. The minimum absolute atomic E-state index is 0.0451. The Balaban J connectivity index is 2.56. The number of nitrogens with two attached hydrogens (primary N) is 1. The molecule has 0 aliphatic carbocycles. The van der Waals surface area contributed by atoms with Crippen LogP contribution in [0, 0.1) is 5.82 Å². The predicted molar refractivity (Wildman–Crippen MR) is 86.1 cm³/mol. The number of carbonyl (C=O) groups excluding carboxylic acids is 1. The number of ether oxygens (including phenoxy) is 1. The molecule has 0 aliphatic rings. The maximum Gasteiger partial charge on any atom is 0.407 e. The molecule has 3 N–H and O–H groups in total. The summed E-state index contributed by atoms with van der Waals surface area (Å²) in [6.45, 7) is 7.19. The lowest BCUT2D eigenvalue weighted by atomic mass is 10.2. The summed E-state index contributed by atoms with van der Waals surface area (Å²) < 4.78 is 18.9. The van der Waals surface area contributed by atoms with Crippen molar-refractivity contribution in [1.29, 1.82) is 0 Å². The number of nitrogen functional groups attached to an aromatic ring is 1. The van der Waals surface area contributed by atoms with E-state index in [0.29, 0.717) is 6.42 Å². The van der Waals surface area contributed by atoms with Crippen LogP contribution in [0.1, 0.15) is 39.7 Å². The van der Waals surface area contributed by atoms with Crippen LogP contribution in [0.2, 0.25) is 5.02 Å². The monoisotopic (exact) mass is 329 g/mol. The fourth-order valence-corrected chi connectivity index (χ4v) is 1.73. The molecule has 1 amide bonds. The highest BCUT2D eigenvalue weighted by Crippen LogP contribution is 2.23. The van der Waals surface area contributed by atoms with Gasteiger partial charge in [0.2, 0.25) is 0 Å². The zero-order valence-electron chi connectivity index (χ0n) is 13.1. The molecule has 1 heterocycles. The predicted octanol–water partition coefficient (Wildman–Crippen LogP) is 3.77. The van der Waals surface area contributed by atoms with Gasteiger partial charge in [0.25, 0.3) is 0 Å². The van der Waals surface area contributed by atoms with Gasteiger partial charge in [-0.25, -0.2) is 14.2 Å². The number of hydrogen-bond donors (Lipinski definition) is 2. The van der Waals surface area contributed by atoms with E-state index in [0.717, 1.165) is 0 Å². The Hall–Kier alpha value is -1.82. The number of halogens is 2. The smallest absolute Gasteiger partial charge is 0.407 e. The minimum Gasteiger partial charge on any atom is -0.444 e. The lowest BCUT2D eigenvalue weighted by Gasteiger charge is -2.21. The average molecular weight is 330 g/mol. The van der Waals surface area contributed by atoms with Crippen molar-refractivity contribution in [2.24, 2.45) is 0 Å². The molecule has 122 valence electrons. The molecular formula is C15H21ClFN3O2. The molecule has 0 saturated carbocycles. The van der Waals surface area contributed by atoms with Gasteiger partial charge in [-0.3, -0.25) is 0 Å². The first-order chi connectivity index (χ1) is 10.1. The van der Waals surface area contributed by atoms with Crippen LogP contribution in [-0.2, 0) is 4.74 Å². The van der Waals surface area contributed by atoms with Crippen molar-refractivity contribution in [1.82, 2.24) is 10.3 Å². The van der Waals surface area contributed by atoms with E-state index in [4.69, 9.17) is 22.1 Å². The summed E-state index contributed by atoms with van der Waals surface area (Å²) in [5.74, 6) is -0.658. The first-order valence-corrected chi connectivity index (χ1v) is 7.23. The SMILES string of the molecule is C[C@@H](C/C=C/c1cnc(N)c(Cl)c1F)NC(=O)OC(C)(C)C. The second-order valence-electron chi connectivity index (χ2n) is 5.91. The van der Waals surface area contributed by atoms with Crippen molar-refractivity contribution >= 4 is 29.6 Å². The second-order valence-corrected chi connectivity index (χ2v) is 6.29. The fraction of sp³-hybridized carbons (Fsp3) is 0.467. The molecule has 22 heavy (non-hydrogen) atoms. The molecule has 1 atom stereocenters. The van der Waals surface area contributed by atoms with Crippen LogP contribution in [0.15, 0.2) is 12.3 Å². The molecule has 0 spiro atoms. The zero-order chi connectivity index (χ0) is 16.9. The summed E-state index contributed by atoms with van der Waals surface area (Å²) in [5.41, 5.74) is 5.10. The van der Waals surface area contributed by atoms with Crippen molar-refractivity contribution in [3.8, 4) is 0 Å². The number of hydrogen-bond acceptors (Lipinski definition) is 4. The van der Waals surface area contributed by atoms with Gasteiger partial charge in [-0.1, -0.05) is 23.8 Å². The van der Waals surface area contributed by atoms with Gasteiger partial charge in [-0.05, 0) is 34.1 Å². The summed E-state index contributed by atoms with van der Waals surface area (Å²) in [5, 5.41) is 2.50. The molecule has 1 rings (SSSR count). The number of pyridine rings is 1. The van der Waals surface area contributed by atoms with Crippen molar-refractivity contribution < 1.29 is 13.9 Å². The number of rotatable bonds is 4. The topological polar surface area (TPSA) is 77.2 Å². The Bertz CT molecular complexity index is 571. The van der Waals surface area contributed by atoms with E-state index in [9.17, 15) is 9.18 Å². The number of alkyl carbamates (subject to hydrolysis) is 1. The highest BCUT2D eigenvalue weighted by Gasteiger charge is 2.17. The molecule has 7 heteroatoms. The first kappa shape index (κ1) is 18.2. The van der Waals surface area contributed by atoms with Gasteiger partial charge >= 0.3 is 6.09 Å². The number of nitrogens with zero attached hydrogens (tertiary/aromatic N) is 1. The van der Waals surface area contributed by atoms with Gasteiger partial charge in [0, 0.05) is 17.8 Å². The van der Waals surface area contributed by atoms with Gasteiger partial charge in [-0.2, -0.15) is 0 Å². The van der Waals surface area contributed by atoms with Crippen molar-refractivity contribution in [3.05, 3.63) is 28.7 Å². The number of amides is 1. The van der Waals surface area contributed by atoms with Gasteiger partial charge < -0.3 is 15.8 Å². The van der Waals surface area contributed by atoms with Crippen LogP contribution in [-0.4, -0.2) is 22.7 Å². The molecule has 0 saturated heterocycles. The summed E-state index contributed by atoms with van der Waals surface area (Å²) in [4.78, 5) is 15.4. The summed E-state index contributed by atoms with van der Waals surface area (Å²) in [6.07, 6.45) is 4.58. The largest absolute Gasteiger partial charge is 0.444 e. The Labute approximate surface area is 134 Å². The highest BCUT2D eigenvalue weighted by atomic mass is 35.5. The molecule has 0 bridgehead atoms. The highest BCUT2D eigenvalue weighted by molar-refractivity contribution is 6.33. The summed E-state index contributed by atoms with van der Waals surface area (Å²) in [6, 6.07) is -0.161. The van der Waals surface area contributed by atoms with Crippen LogP contribution in [0.5, 0.6) is 0 Å². The van der Waals surface area contributed by atoms with Crippen LogP contribution in [0.3, 0.4) is 0 Å². The average Bonchev–Trinajstić information content (AvgIpc) is 2.36. The fourth-order valence-electron chi connectivity index (χ4n) is 1.57.